The Morgan fingerprint density at radius 1 is 1.39 bits per heavy atom. The number of hydrogen-bond donors (Lipinski definition) is 1. The van der Waals surface area contributed by atoms with Crippen molar-refractivity contribution in [3.63, 3.8) is 0 Å². The van der Waals surface area contributed by atoms with Crippen molar-refractivity contribution >= 4 is 33.8 Å². The van der Waals surface area contributed by atoms with E-state index in [0.717, 1.165) is 22.6 Å². The maximum absolute atomic E-state index is 12.2. The molecule has 7 heteroatoms. The van der Waals surface area contributed by atoms with Gasteiger partial charge in [0.15, 0.2) is 0 Å². The summed E-state index contributed by atoms with van der Waals surface area (Å²) in [5, 5.41) is 9.89. The molecule has 0 fully saturated rings. The van der Waals surface area contributed by atoms with E-state index in [1.54, 1.807) is 17.7 Å². The summed E-state index contributed by atoms with van der Waals surface area (Å²) in [6.45, 7) is 2.53. The third-order valence-corrected chi connectivity index (χ3v) is 4.80. The SMILES string of the molecule is CC(Cc1ccc(Cl)cc1)C(=O)NCCc1csc2ncnn12. The van der Waals surface area contributed by atoms with Gasteiger partial charge in [-0.25, -0.2) is 9.50 Å². The Bertz CT molecular complexity index is 796. The van der Waals surface area contributed by atoms with Crippen LogP contribution in [-0.4, -0.2) is 27.0 Å². The van der Waals surface area contributed by atoms with Crippen LogP contribution in [0.3, 0.4) is 0 Å². The first-order valence-corrected chi connectivity index (χ1v) is 8.67. The number of fused-ring (bicyclic) bond motifs is 1. The maximum atomic E-state index is 12.2. The monoisotopic (exact) mass is 348 g/mol. The van der Waals surface area contributed by atoms with Gasteiger partial charge in [0.1, 0.15) is 6.33 Å². The largest absolute Gasteiger partial charge is 0.355 e. The standard InChI is InChI=1S/C16H17ClN4OS/c1-11(8-12-2-4-13(17)5-3-12)15(22)18-7-6-14-9-23-16-19-10-20-21(14)16/h2-5,9-11H,6-8H2,1H3,(H,18,22). The average molecular weight is 349 g/mol. The molecule has 23 heavy (non-hydrogen) atoms. The number of benzene rings is 1. The molecule has 3 aromatic rings. The number of hydrogen-bond acceptors (Lipinski definition) is 4. The zero-order valence-electron chi connectivity index (χ0n) is 12.7. The lowest BCUT2D eigenvalue weighted by Crippen LogP contribution is -2.32. The van der Waals surface area contributed by atoms with Crippen LogP contribution in [0.2, 0.25) is 5.02 Å². The third-order valence-electron chi connectivity index (χ3n) is 3.67. The number of thiazole rings is 1. The molecular formula is C16H17ClN4OS. The number of rotatable bonds is 6. The fraction of sp³-hybridized carbons (Fsp3) is 0.312. The summed E-state index contributed by atoms with van der Waals surface area (Å²) in [5.74, 6) is -0.0185. The average Bonchev–Trinajstić information content (AvgIpc) is 3.14. The van der Waals surface area contributed by atoms with Gasteiger partial charge >= 0.3 is 0 Å². The van der Waals surface area contributed by atoms with Gasteiger partial charge < -0.3 is 5.32 Å². The first-order chi connectivity index (χ1) is 11.1. The molecule has 2 aromatic heterocycles. The Morgan fingerprint density at radius 2 is 2.17 bits per heavy atom. The number of nitrogens with one attached hydrogen (secondary N) is 1. The fourth-order valence-electron chi connectivity index (χ4n) is 2.40. The van der Waals surface area contributed by atoms with Gasteiger partial charge in [0.05, 0.1) is 5.69 Å². The summed E-state index contributed by atoms with van der Waals surface area (Å²) in [4.78, 5) is 17.2. The minimum atomic E-state index is -0.0787. The smallest absolute Gasteiger partial charge is 0.223 e. The van der Waals surface area contributed by atoms with Crippen LogP contribution in [0.25, 0.3) is 4.96 Å². The van der Waals surface area contributed by atoms with Crippen LogP contribution in [-0.2, 0) is 17.6 Å². The summed E-state index contributed by atoms with van der Waals surface area (Å²) >= 11 is 7.43. The van der Waals surface area contributed by atoms with Crippen molar-refractivity contribution in [2.24, 2.45) is 5.92 Å². The molecule has 1 N–H and O–H groups in total. The molecule has 1 amide bonds. The highest BCUT2D eigenvalue weighted by molar-refractivity contribution is 7.15. The van der Waals surface area contributed by atoms with Gasteiger partial charge in [0.2, 0.25) is 10.9 Å². The molecule has 1 atom stereocenters. The number of aromatic nitrogens is 3. The van der Waals surface area contributed by atoms with Gasteiger partial charge in [-0.05, 0) is 24.1 Å². The van der Waals surface area contributed by atoms with Crippen molar-refractivity contribution in [2.45, 2.75) is 19.8 Å². The Morgan fingerprint density at radius 3 is 2.96 bits per heavy atom. The highest BCUT2D eigenvalue weighted by Gasteiger charge is 2.13. The van der Waals surface area contributed by atoms with E-state index in [0.29, 0.717) is 18.0 Å². The fourth-order valence-corrected chi connectivity index (χ4v) is 3.36. The quantitative estimate of drug-likeness (QED) is 0.745. The molecule has 0 aliphatic rings. The van der Waals surface area contributed by atoms with E-state index in [2.05, 4.69) is 15.4 Å². The van der Waals surface area contributed by atoms with Crippen LogP contribution in [0.5, 0.6) is 0 Å². The van der Waals surface area contributed by atoms with Crippen molar-refractivity contribution in [3.05, 3.63) is 52.3 Å². The van der Waals surface area contributed by atoms with Crippen LogP contribution >= 0.6 is 22.9 Å². The number of carbonyl (C=O) groups is 1. The molecule has 0 aliphatic heterocycles. The molecule has 5 nitrogen and oxygen atoms in total. The molecule has 2 heterocycles. The highest BCUT2D eigenvalue weighted by Crippen LogP contribution is 2.14. The molecule has 0 bridgehead atoms. The number of carbonyl (C=O) groups excluding carboxylic acids is 1. The van der Waals surface area contributed by atoms with E-state index in [9.17, 15) is 4.79 Å². The van der Waals surface area contributed by atoms with Gasteiger partial charge in [-0.1, -0.05) is 30.7 Å². The molecule has 3 rings (SSSR count). The number of amides is 1. The van der Waals surface area contributed by atoms with Gasteiger partial charge in [-0.3, -0.25) is 4.79 Å². The van der Waals surface area contributed by atoms with Crippen LogP contribution in [0, 0.1) is 5.92 Å². The Kier molecular flexibility index (Phi) is 4.93. The first-order valence-electron chi connectivity index (χ1n) is 7.42. The molecule has 0 spiro atoms. The summed E-state index contributed by atoms with van der Waals surface area (Å²) in [6.07, 6.45) is 2.99. The molecule has 1 aromatic carbocycles. The molecule has 0 saturated heterocycles. The third kappa shape index (κ3) is 3.89. The zero-order chi connectivity index (χ0) is 16.2. The van der Waals surface area contributed by atoms with Crippen molar-refractivity contribution in [2.75, 3.05) is 6.54 Å². The lowest BCUT2D eigenvalue weighted by Gasteiger charge is -2.12. The Hall–Kier alpha value is -1.92. The van der Waals surface area contributed by atoms with Crippen LogP contribution in [0.15, 0.2) is 36.0 Å². The summed E-state index contributed by atoms with van der Waals surface area (Å²) in [5.41, 5.74) is 2.17. The normalized spacial score (nSPS) is 12.4. The van der Waals surface area contributed by atoms with Gasteiger partial charge in [0, 0.05) is 29.3 Å². The Balaban J connectivity index is 1.48. The highest BCUT2D eigenvalue weighted by atomic mass is 35.5. The lowest BCUT2D eigenvalue weighted by atomic mass is 10.0. The van der Waals surface area contributed by atoms with Gasteiger partial charge in [0.25, 0.3) is 0 Å². The molecule has 0 aliphatic carbocycles. The minimum Gasteiger partial charge on any atom is -0.355 e. The molecule has 120 valence electrons. The van der Waals surface area contributed by atoms with E-state index in [4.69, 9.17) is 11.6 Å². The van der Waals surface area contributed by atoms with E-state index in [-0.39, 0.29) is 11.8 Å². The van der Waals surface area contributed by atoms with E-state index < -0.39 is 0 Å². The van der Waals surface area contributed by atoms with Crippen LogP contribution < -0.4 is 5.32 Å². The second-order valence-corrected chi connectivity index (χ2v) is 6.73. The topological polar surface area (TPSA) is 59.3 Å². The molecule has 0 radical (unpaired) electrons. The predicted molar refractivity (Wildman–Crippen MR) is 91.9 cm³/mol. The van der Waals surface area contributed by atoms with Crippen molar-refractivity contribution in [1.82, 2.24) is 19.9 Å². The van der Waals surface area contributed by atoms with Gasteiger partial charge in [-0.2, -0.15) is 5.10 Å². The van der Waals surface area contributed by atoms with Crippen molar-refractivity contribution < 1.29 is 4.79 Å². The molecule has 1 unspecified atom stereocenters. The zero-order valence-corrected chi connectivity index (χ0v) is 14.3. The summed E-state index contributed by atoms with van der Waals surface area (Å²) in [7, 11) is 0. The second-order valence-electron chi connectivity index (χ2n) is 5.45. The van der Waals surface area contributed by atoms with E-state index in [1.165, 1.54) is 0 Å². The number of halogens is 1. The molecule has 0 saturated carbocycles. The number of nitrogens with zero attached hydrogens (tertiary/aromatic N) is 3. The minimum absolute atomic E-state index is 0.0602. The Labute approximate surface area is 143 Å². The van der Waals surface area contributed by atoms with E-state index >= 15 is 0 Å². The summed E-state index contributed by atoms with van der Waals surface area (Å²) < 4.78 is 1.81. The van der Waals surface area contributed by atoms with Crippen LogP contribution in [0.4, 0.5) is 0 Å². The lowest BCUT2D eigenvalue weighted by molar-refractivity contribution is -0.124. The molecular weight excluding hydrogens is 332 g/mol. The predicted octanol–water partition coefficient (Wildman–Crippen LogP) is 2.98. The van der Waals surface area contributed by atoms with Gasteiger partial charge in [-0.15, -0.1) is 11.3 Å². The second kappa shape index (κ2) is 7.10. The first kappa shape index (κ1) is 16.0. The van der Waals surface area contributed by atoms with Crippen LogP contribution in [0.1, 0.15) is 18.2 Å². The maximum Gasteiger partial charge on any atom is 0.223 e. The van der Waals surface area contributed by atoms with Crippen molar-refractivity contribution in [3.8, 4) is 0 Å². The summed E-state index contributed by atoms with van der Waals surface area (Å²) in [6, 6.07) is 7.61. The van der Waals surface area contributed by atoms with E-state index in [1.807, 2.05) is 41.1 Å². The van der Waals surface area contributed by atoms with Crippen molar-refractivity contribution in [1.29, 1.82) is 0 Å².